The van der Waals surface area contributed by atoms with Crippen LogP contribution in [-0.2, 0) is 0 Å². The van der Waals surface area contributed by atoms with Crippen LogP contribution < -0.4 is 0 Å². The lowest BCUT2D eigenvalue weighted by Gasteiger charge is -2.26. The zero-order valence-corrected chi connectivity index (χ0v) is 13.0. The molecular formula is C18H14ClN3O. The van der Waals surface area contributed by atoms with Crippen molar-refractivity contribution >= 4 is 34.7 Å². The molecule has 2 aromatic carbocycles. The van der Waals surface area contributed by atoms with Gasteiger partial charge in [0.1, 0.15) is 17.4 Å². The first-order valence-electron chi connectivity index (χ1n) is 7.39. The molecule has 2 aliphatic heterocycles. The van der Waals surface area contributed by atoms with Crippen molar-refractivity contribution in [2.24, 2.45) is 9.98 Å². The van der Waals surface area contributed by atoms with Gasteiger partial charge < -0.3 is 10.0 Å². The van der Waals surface area contributed by atoms with Crippen LogP contribution >= 0.6 is 11.6 Å². The van der Waals surface area contributed by atoms with Crippen molar-refractivity contribution in [3.8, 4) is 0 Å². The predicted molar refractivity (Wildman–Crippen MR) is 93.7 cm³/mol. The Morgan fingerprint density at radius 2 is 2.00 bits per heavy atom. The van der Waals surface area contributed by atoms with Crippen LogP contribution in [0.25, 0.3) is 5.76 Å². The third-order valence-corrected chi connectivity index (χ3v) is 4.12. The Labute approximate surface area is 139 Å². The lowest BCUT2D eigenvalue weighted by Crippen LogP contribution is -2.36. The van der Waals surface area contributed by atoms with Gasteiger partial charge in [0, 0.05) is 28.8 Å². The van der Waals surface area contributed by atoms with Gasteiger partial charge in [-0.3, -0.25) is 4.99 Å². The molecule has 2 aromatic rings. The minimum Gasteiger partial charge on any atom is -0.507 e. The molecule has 114 valence electrons. The van der Waals surface area contributed by atoms with Crippen LogP contribution in [0.3, 0.4) is 0 Å². The first kappa shape index (κ1) is 14.0. The summed E-state index contributed by atoms with van der Waals surface area (Å²) in [4.78, 5) is 11.2. The standard InChI is InChI=1S/C18H14ClN3O/c19-13-6-7-14-15(10-13)21-17(22-9-8-20-18(14)22)11-16(23)12-4-2-1-3-5-12/h1-7,10-11,23H,8-9H2/b16-11-. The van der Waals surface area contributed by atoms with Gasteiger partial charge in [0.2, 0.25) is 0 Å². The van der Waals surface area contributed by atoms with Crippen LogP contribution in [0.5, 0.6) is 0 Å². The molecule has 0 saturated carbocycles. The molecule has 0 atom stereocenters. The number of amidine groups is 2. The highest BCUT2D eigenvalue weighted by atomic mass is 35.5. The van der Waals surface area contributed by atoms with Gasteiger partial charge >= 0.3 is 0 Å². The Morgan fingerprint density at radius 3 is 2.83 bits per heavy atom. The summed E-state index contributed by atoms with van der Waals surface area (Å²) in [7, 11) is 0. The summed E-state index contributed by atoms with van der Waals surface area (Å²) >= 11 is 6.08. The van der Waals surface area contributed by atoms with E-state index in [4.69, 9.17) is 11.6 Å². The van der Waals surface area contributed by atoms with Crippen LogP contribution in [0.2, 0.25) is 5.02 Å². The first-order valence-corrected chi connectivity index (χ1v) is 7.77. The molecule has 1 N–H and O–H groups in total. The lowest BCUT2D eigenvalue weighted by atomic mass is 10.1. The van der Waals surface area contributed by atoms with Gasteiger partial charge in [-0.1, -0.05) is 41.9 Å². The van der Waals surface area contributed by atoms with Crippen molar-refractivity contribution in [3.05, 3.63) is 70.8 Å². The highest BCUT2D eigenvalue weighted by Crippen LogP contribution is 2.31. The van der Waals surface area contributed by atoms with Gasteiger partial charge in [-0.15, -0.1) is 0 Å². The second kappa shape index (κ2) is 5.56. The lowest BCUT2D eigenvalue weighted by molar-refractivity contribution is 0.511. The third kappa shape index (κ3) is 2.51. The molecule has 0 amide bonds. The maximum absolute atomic E-state index is 10.4. The summed E-state index contributed by atoms with van der Waals surface area (Å²) in [6, 6.07) is 15.0. The SMILES string of the molecule is O/C(=C\C1=Nc2cc(Cl)ccc2C2=NCCN12)c1ccccc1. The summed E-state index contributed by atoms with van der Waals surface area (Å²) in [5.74, 6) is 1.75. The Morgan fingerprint density at radius 1 is 1.17 bits per heavy atom. The minimum absolute atomic E-state index is 0.182. The smallest absolute Gasteiger partial charge is 0.138 e. The van der Waals surface area contributed by atoms with E-state index in [-0.39, 0.29) is 5.76 Å². The van der Waals surface area contributed by atoms with Crippen LogP contribution in [0, 0.1) is 0 Å². The number of hydrogen-bond donors (Lipinski definition) is 1. The largest absolute Gasteiger partial charge is 0.507 e. The molecule has 0 saturated heterocycles. The van der Waals surface area contributed by atoms with E-state index >= 15 is 0 Å². The van der Waals surface area contributed by atoms with Gasteiger partial charge in [0.05, 0.1) is 12.2 Å². The zero-order chi connectivity index (χ0) is 15.8. The average molecular weight is 324 g/mol. The summed E-state index contributed by atoms with van der Waals surface area (Å²) in [6.07, 6.45) is 1.68. The molecule has 0 unspecified atom stereocenters. The quantitative estimate of drug-likeness (QED) is 0.848. The van der Waals surface area contributed by atoms with Crippen molar-refractivity contribution in [2.75, 3.05) is 13.1 Å². The molecular weight excluding hydrogens is 310 g/mol. The minimum atomic E-state index is 0.182. The van der Waals surface area contributed by atoms with E-state index in [1.807, 2.05) is 53.4 Å². The molecule has 0 aliphatic carbocycles. The van der Waals surface area contributed by atoms with Gasteiger partial charge in [0.15, 0.2) is 0 Å². The maximum atomic E-state index is 10.4. The van der Waals surface area contributed by atoms with Crippen molar-refractivity contribution in [1.82, 2.24) is 4.90 Å². The monoisotopic (exact) mass is 323 g/mol. The second-order valence-electron chi connectivity index (χ2n) is 5.38. The first-order chi connectivity index (χ1) is 11.2. The Balaban J connectivity index is 1.81. The van der Waals surface area contributed by atoms with Crippen LogP contribution in [0.4, 0.5) is 5.69 Å². The number of hydrogen-bond acceptors (Lipinski definition) is 4. The van der Waals surface area contributed by atoms with Crippen molar-refractivity contribution in [1.29, 1.82) is 0 Å². The number of aliphatic hydroxyl groups excluding tert-OH is 1. The fourth-order valence-corrected chi connectivity index (χ4v) is 2.96. The predicted octanol–water partition coefficient (Wildman–Crippen LogP) is 4.04. The molecule has 23 heavy (non-hydrogen) atoms. The van der Waals surface area contributed by atoms with Crippen LogP contribution in [0.15, 0.2) is 64.6 Å². The van der Waals surface area contributed by atoms with Gasteiger partial charge in [0.25, 0.3) is 0 Å². The highest BCUT2D eigenvalue weighted by molar-refractivity contribution is 6.31. The van der Waals surface area contributed by atoms with E-state index in [9.17, 15) is 5.11 Å². The van der Waals surface area contributed by atoms with Gasteiger partial charge in [-0.25, -0.2) is 4.99 Å². The maximum Gasteiger partial charge on any atom is 0.138 e. The van der Waals surface area contributed by atoms with E-state index < -0.39 is 0 Å². The third-order valence-electron chi connectivity index (χ3n) is 3.89. The summed E-state index contributed by atoms with van der Waals surface area (Å²) in [5.41, 5.74) is 2.51. The van der Waals surface area contributed by atoms with E-state index in [1.165, 1.54) is 0 Å². The summed E-state index contributed by atoms with van der Waals surface area (Å²) < 4.78 is 0. The number of nitrogens with zero attached hydrogens (tertiary/aromatic N) is 3. The molecule has 0 bridgehead atoms. The highest BCUT2D eigenvalue weighted by Gasteiger charge is 2.28. The van der Waals surface area contributed by atoms with E-state index in [1.54, 1.807) is 6.08 Å². The fourth-order valence-electron chi connectivity index (χ4n) is 2.80. The molecule has 0 radical (unpaired) electrons. The molecule has 5 heteroatoms. The number of benzene rings is 2. The van der Waals surface area contributed by atoms with Crippen molar-refractivity contribution in [3.63, 3.8) is 0 Å². The fraction of sp³-hybridized carbons (Fsp3) is 0.111. The topological polar surface area (TPSA) is 48.2 Å². The molecule has 4 rings (SSSR count). The second-order valence-corrected chi connectivity index (χ2v) is 5.82. The number of rotatable bonds is 2. The Bertz CT molecular complexity index is 856. The molecule has 2 aliphatic rings. The average Bonchev–Trinajstić information content (AvgIpc) is 3.05. The van der Waals surface area contributed by atoms with E-state index in [2.05, 4.69) is 9.98 Å². The molecule has 0 spiro atoms. The Hall–Kier alpha value is -2.59. The van der Waals surface area contributed by atoms with Crippen LogP contribution in [0.1, 0.15) is 11.1 Å². The van der Waals surface area contributed by atoms with Crippen LogP contribution in [-0.4, -0.2) is 34.8 Å². The molecule has 0 aromatic heterocycles. The number of halogens is 1. The Kier molecular flexibility index (Phi) is 3.39. The summed E-state index contributed by atoms with van der Waals surface area (Å²) in [6.45, 7) is 1.48. The van der Waals surface area contributed by atoms with E-state index in [0.29, 0.717) is 10.9 Å². The number of aliphatic hydroxyl groups is 1. The summed E-state index contributed by atoms with van der Waals surface area (Å²) in [5, 5.41) is 11.0. The van der Waals surface area contributed by atoms with Gasteiger partial charge in [-0.2, -0.15) is 0 Å². The zero-order valence-electron chi connectivity index (χ0n) is 12.3. The number of fused-ring (bicyclic) bond motifs is 3. The molecule has 4 nitrogen and oxygen atoms in total. The van der Waals surface area contributed by atoms with Crippen molar-refractivity contribution < 1.29 is 5.11 Å². The number of aliphatic imine (C=N–C) groups is 2. The molecule has 0 fully saturated rings. The molecule has 2 heterocycles. The van der Waals surface area contributed by atoms with Crippen molar-refractivity contribution in [2.45, 2.75) is 0 Å². The normalized spacial score (nSPS) is 16.6. The van der Waals surface area contributed by atoms with Gasteiger partial charge in [-0.05, 0) is 18.2 Å². The van der Waals surface area contributed by atoms with E-state index in [0.717, 1.165) is 35.7 Å².